The zero-order valence-electron chi connectivity index (χ0n) is 10.6. The number of hydrogen-bond donors (Lipinski definition) is 1. The van der Waals surface area contributed by atoms with Crippen molar-refractivity contribution in [2.45, 2.75) is 37.8 Å². The Hall–Kier alpha value is -0.930. The Morgan fingerprint density at radius 2 is 1.95 bits per heavy atom. The summed E-state index contributed by atoms with van der Waals surface area (Å²) in [5, 5.41) is 1.22. The summed E-state index contributed by atoms with van der Waals surface area (Å²) in [4.78, 5) is 6.65. The lowest BCUT2D eigenvalue weighted by molar-refractivity contribution is 0.262. The zero-order valence-corrected chi connectivity index (χ0v) is 12.2. The first kappa shape index (κ1) is 13.1. The average Bonchev–Trinajstić information content (AvgIpc) is 3.02. The normalized spacial score (nSPS) is 24.0. The fourth-order valence-electron chi connectivity index (χ4n) is 3.16. The van der Waals surface area contributed by atoms with Crippen LogP contribution in [0.4, 0.5) is 0 Å². The summed E-state index contributed by atoms with van der Waals surface area (Å²) >= 11 is 12.5. The molecule has 102 valence electrons. The Bertz CT molecular complexity index is 509. The Kier molecular flexibility index (Phi) is 3.59. The highest BCUT2D eigenvalue weighted by atomic mass is 35.5. The van der Waals surface area contributed by atoms with E-state index >= 15 is 0 Å². The van der Waals surface area contributed by atoms with Gasteiger partial charge in [0.1, 0.15) is 0 Å². The zero-order chi connectivity index (χ0) is 13.4. The van der Waals surface area contributed by atoms with Crippen LogP contribution < -0.4 is 5.73 Å². The SMILES string of the molecule is NC1=NCC(c2cccc(Cl)c2Cl)N1C1CCCC1. The molecule has 1 atom stereocenters. The van der Waals surface area contributed by atoms with Crippen LogP contribution in [-0.2, 0) is 0 Å². The van der Waals surface area contributed by atoms with Gasteiger partial charge in [0.2, 0.25) is 0 Å². The predicted molar refractivity (Wildman–Crippen MR) is 79.8 cm³/mol. The van der Waals surface area contributed by atoms with Gasteiger partial charge >= 0.3 is 0 Å². The molecule has 1 unspecified atom stereocenters. The molecule has 1 aliphatic carbocycles. The second kappa shape index (κ2) is 5.22. The first-order valence-corrected chi connectivity index (χ1v) is 7.46. The summed E-state index contributed by atoms with van der Waals surface area (Å²) in [7, 11) is 0. The molecule has 0 amide bonds. The van der Waals surface area contributed by atoms with Crippen LogP contribution in [0.15, 0.2) is 23.2 Å². The molecule has 2 N–H and O–H groups in total. The van der Waals surface area contributed by atoms with E-state index < -0.39 is 0 Å². The number of rotatable bonds is 2. The molecule has 2 aliphatic rings. The topological polar surface area (TPSA) is 41.6 Å². The molecule has 0 radical (unpaired) electrons. The highest BCUT2D eigenvalue weighted by molar-refractivity contribution is 6.42. The minimum atomic E-state index is 0.134. The monoisotopic (exact) mass is 297 g/mol. The minimum Gasteiger partial charge on any atom is -0.370 e. The first-order valence-electron chi connectivity index (χ1n) is 6.70. The molecule has 5 heteroatoms. The van der Waals surface area contributed by atoms with Crippen molar-refractivity contribution >= 4 is 29.2 Å². The molecule has 0 bridgehead atoms. The van der Waals surface area contributed by atoms with Crippen LogP contribution in [0.1, 0.15) is 37.3 Å². The summed E-state index contributed by atoms with van der Waals surface area (Å²) in [6, 6.07) is 6.40. The number of hydrogen-bond acceptors (Lipinski definition) is 3. The Labute approximate surface area is 123 Å². The molecule has 0 spiro atoms. The second-order valence-electron chi connectivity index (χ2n) is 5.20. The number of nitrogens with two attached hydrogens (primary N) is 1. The Balaban J connectivity index is 1.93. The maximum atomic E-state index is 6.34. The van der Waals surface area contributed by atoms with Gasteiger partial charge in [-0.3, -0.25) is 4.99 Å². The van der Waals surface area contributed by atoms with E-state index in [1.165, 1.54) is 25.7 Å². The molecule has 3 nitrogen and oxygen atoms in total. The molecule has 1 saturated carbocycles. The van der Waals surface area contributed by atoms with Crippen molar-refractivity contribution in [2.24, 2.45) is 10.7 Å². The third-order valence-electron chi connectivity index (χ3n) is 4.09. The lowest BCUT2D eigenvalue weighted by Gasteiger charge is -2.32. The van der Waals surface area contributed by atoms with Crippen LogP contribution in [0.5, 0.6) is 0 Å². The maximum absolute atomic E-state index is 6.34. The molecule has 1 fully saturated rings. The van der Waals surface area contributed by atoms with Crippen molar-refractivity contribution in [2.75, 3.05) is 6.54 Å². The van der Waals surface area contributed by atoms with Gasteiger partial charge in [-0.25, -0.2) is 0 Å². The van der Waals surface area contributed by atoms with Crippen LogP contribution in [0.2, 0.25) is 10.0 Å². The van der Waals surface area contributed by atoms with E-state index in [1.54, 1.807) is 0 Å². The highest BCUT2D eigenvalue weighted by Gasteiger charge is 2.35. The smallest absolute Gasteiger partial charge is 0.192 e. The van der Waals surface area contributed by atoms with E-state index in [2.05, 4.69) is 9.89 Å². The van der Waals surface area contributed by atoms with Crippen molar-refractivity contribution in [1.82, 2.24) is 4.90 Å². The van der Waals surface area contributed by atoms with Crippen molar-refractivity contribution in [1.29, 1.82) is 0 Å². The largest absolute Gasteiger partial charge is 0.370 e. The standard InChI is InChI=1S/C14H17Cl2N3/c15-11-7-3-6-10(13(11)16)12-8-18-14(17)19(12)9-4-1-2-5-9/h3,6-7,9,12H,1-2,4-5,8H2,(H2,17,18). The summed E-state index contributed by atoms with van der Waals surface area (Å²) in [6.45, 7) is 0.669. The van der Waals surface area contributed by atoms with Gasteiger partial charge in [-0.1, -0.05) is 48.2 Å². The third-order valence-corrected chi connectivity index (χ3v) is 4.92. The van der Waals surface area contributed by atoms with Crippen molar-refractivity contribution < 1.29 is 0 Å². The van der Waals surface area contributed by atoms with Crippen molar-refractivity contribution in [3.63, 3.8) is 0 Å². The molecule has 19 heavy (non-hydrogen) atoms. The van der Waals surface area contributed by atoms with Crippen LogP contribution in [0.3, 0.4) is 0 Å². The van der Waals surface area contributed by atoms with Gasteiger partial charge in [-0.2, -0.15) is 0 Å². The fraction of sp³-hybridized carbons (Fsp3) is 0.500. The van der Waals surface area contributed by atoms with Gasteiger partial charge < -0.3 is 10.6 Å². The molecule has 1 aromatic rings. The summed E-state index contributed by atoms with van der Waals surface area (Å²) in [5.41, 5.74) is 7.11. The average molecular weight is 298 g/mol. The molecule has 3 rings (SSSR count). The van der Waals surface area contributed by atoms with Crippen LogP contribution in [-0.4, -0.2) is 23.4 Å². The van der Waals surface area contributed by atoms with E-state index in [4.69, 9.17) is 28.9 Å². The van der Waals surface area contributed by atoms with Gasteiger partial charge in [0.25, 0.3) is 0 Å². The van der Waals surface area contributed by atoms with Crippen LogP contribution in [0, 0.1) is 0 Å². The van der Waals surface area contributed by atoms with E-state index in [-0.39, 0.29) is 6.04 Å². The van der Waals surface area contributed by atoms with E-state index in [0.717, 1.165) is 5.56 Å². The van der Waals surface area contributed by atoms with E-state index in [9.17, 15) is 0 Å². The molecular weight excluding hydrogens is 281 g/mol. The summed E-state index contributed by atoms with van der Waals surface area (Å²) in [6.07, 6.45) is 4.91. The van der Waals surface area contributed by atoms with E-state index in [0.29, 0.717) is 28.6 Å². The molecule has 0 aromatic heterocycles. The Morgan fingerprint density at radius 3 is 2.68 bits per heavy atom. The molecule has 1 aliphatic heterocycles. The van der Waals surface area contributed by atoms with Crippen molar-refractivity contribution in [3.8, 4) is 0 Å². The van der Waals surface area contributed by atoms with Gasteiger partial charge in [-0.05, 0) is 24.5 Å². The molecule has 0 saturated heterocycles. The molecular formula is C14H17Cl2N3. The number of halogens is 2. The minimum absolute atomic E-state index is 0.134. The van der Waals surface area contributed by atoms with Gasteiger partial charge in [0.05, 0.1) is 22.6 Å². The van der Waals surface area contributed by atoms with Gasteiger partial charge in [0.15, 0.2) is 5.96 Å². The van der Waals surface area contributed by atoms with Gasteiger partial charge in [-0.15, -0.1) is 0 Å². The Morgan fingerprint density at radius 1 is 1.21 bits per heavy atom. The number of aliphatic imine (C=N–C) groups is 1. The molecule has 1 aromatic carbocycles. The van der Waals surface area contributed by atoms with Crippen LogP contribution >= 0.6 is 23.2 Å². The van der Waals surface area contributed by atoms with Gasteiger partial charge in [0, 0.05) is 6.04 Å². The lowest BCUT2D eigenvalue weighted by atomic mass is 10.0. The molecule has 1 heterocycles. The van der Waals surface area contributed by atoms with Crippen molar-refractivity contribution in [3.05, 3.63) is 33.8 Å². The van der Waals surface area contributed by atoms with Crippen LogP contribution in [0.25, 0.3) is 0 Å². The summed E-state index contributed by atoms with van der Waals surface area (Å²) in [5.74, 6) is 0.646. The number of guanidine groups is 1. The fourth-order valence-corrected chi connectivity index (χ4v) is 3.59. The highest BCUT2D eigenvalue weighted by Crippen LogP contribution is 2.38. The lowest BCUT2D eigenvalue weighted by Crippen LogP contribution is -2.42. The quantitative estimate of drug-likeness (QED) is 0.906. The second-order valence-corrected chi connectivity index (χ2v) is 5.99. The van der Waals surface area contributed by atoms with E-state index in [1.807, 2.05) is 18.2 Å². The number of nitrogens with zero attached hydrogens (tertiary/aromatic N) is 2. The number of benzene rings is 1. The predicted octanol–water partition coefficient (Wildman–Crippen LogP) is 3.61. The maximum Gasteiger partial charge on any atom is 0.192 e. The first-order chi connectivity index (χ1) is 9.18. The summed E-state index contributed by atoms with van der Waals surface area (Å²) < 4.78 is 0. The third kappa shape index (κ3) is 2.30.